The van der Waals surface area contributed by atoms with Gasteiger partial charge in [-0.05, 0) is 81.9 Å². The monoisotopic (exact) mass is 456 g/mol. The first-order chi connectivity index (χ1) is 16.4. The predicted octanol–water partition coefficient (Wildman–Crippen LogP) is 5.89. The molecule has 174 valence electrons. The molecule has 0 bridgehead atoms. The highest BCUT2D eigenvalue weighted by atomic mass is 16.5. The van der Waals surface area contributed by atoms with Gasteiger partial charge >= 0.3 is 0 Å². The van der Waals surface area contributed by atoms with E-state index in [0.717, 1.165) is 33.4 Å². The minimum absolute atomic E-state index is 0.653. The average Bonchev–Trinajstić information content (AvgIpc) is 2.88. The van der Waals surface area contributed by atoms with Crippen molar-refractivity contribution >= 4 is 11.4 Å². The van der Waals surface area contributed by atoms with Gasteiger partial charge in [-0.25, -0.2) is 0 Å². The minimum Gasteiger partial charge on any atom is -0.497 e. The van der Waals surface area contributed by atoms with Crippen LogP contribution in [0.1, 0.15) is 0 Å². The molecule has 0 spiro atoms. The van der Waals surface area contributed by atoms with Gasteiger partial charge in [-0.15, -0.1) is 0 Å². The summed E-state index contributed by atoms with van der Waals surface area (Å²) >= 11 is 0. The summed E-state index contributed by atoms with van der Waals surface area (Å²) in [6.07, 6.45) is 0. The molecule has 0 saturated heterocycles. The fourth-order valence-corrected chi connectivity index (χ4v) is 4.00. The van der Waals surface area contributed by atoms with Crippen molar-refractivity contribution in [3.05, 3.63) is 72.8 Å². The zero-order valence-corrected chi connectivity index (χ0v) is 19.7. The fraction of sp³-hybridized carbons (Fsp3) is 0.143. The number of hydrogen-bond acceptors (Lipinski definition) is 6. The molecule has 0 aromatic heterocycles. The van der Waals surface area contributed by atoms with Crippen molar-refractivity contribution in [1.29, 1.82) is 0 Å². The van der Waals surface area contributed by atoms with E-state index in [1.54, 1.807) is 28.4 Å². The molecular weight excluding hydrogens is 428 g/mol. The van der Waals surface area contributed by atoms with Gasteiger partial charge in [0.25, 0.3) is 0 Å². The van der Waals surface area contributed by atoms with Gasteiger partial charge in [-0.3, -0.25) is 0 Å². The zero-order valence-electron chi connectivity index (χ0n) is 19.7. The molecule has 0 atom stereocenters. The summed E-state index contributed by atoms with van der Waals surface area (Å²) in [5.41, 5.74) is 19.4. The number of benzene rings is 4. The van der Waals surface area contributed by atoms with Gasteiger partial charge in [0.1, 0.15) is 23.0 Å². The molecule has 0 saturated carbocycles. The van der Waals surface area contributed by atoms with Crippen LogP contribution in [0.3, 0.4) is 0 Å². The van der Waals surface area contributed by atoms with E-state index in [2.05, 4.69) is 0 Å². The van der Waals surface area contributed by atoms with Crippen LogP contribution in [0.5, 0.6) is 23.0 Å². The second-order valence-electron chi connectivity index (χ2n) is 7.81. The van der Waals surface area contributed by atoms with E-state index in [1.165, 1.54) is 0 Å². The predicted molar refractivity (Wildman–Crippen MR) is 138 cm³/mol. The van der Waals surface area contributed by atoms with Crippen LogP contribution in [-0.4, -0.2) is 28.4 Å². The van der Waals surface area contributed by atoms with Gasteiger partial charge in [0.15, 0.2) is 0 Å². The van der Waals surface area contributed by atoms with Crippen LogP contribution in [0.25, 0.3) is 33.4 Å². The average molecular weight is 457 g/mol. The Labute approximate surface area is 199 Å². The Bertz CT molecular complexity index is 1190. The number of hydrogen-bond donors (Lipinski definition) is 2. The normalized spacial score (nSPS) is 10.6. The van der Waals surface area contributed by atoms with Crippen molar-refractivity contribution in [2.75, 3.05) is 39.9 Å². The molecule has 4 aromatic rings. The van der Waals surface area contributed by atoms with E-state index in [-0.39, 0.29) is 0 Å². The Kier molecular flexibility index (Phi) is 6.50. The molecule has 0 aliphatic heterocycles. The first kappa shape index (κ1) is 22.9. The second-order valence-corrected chi connectivity index (χ2v) is 7.81. The first-order valence-corrected chi connectivity index (χ1v) is 10.7. The van der Waals surface area contributed by atoms with Gasteiger partial charge < -0.3 is 30.4 Å². The third-order valence-electron chi connectivity index (χ3n) is 5.70. The largest absolute Gasteiger partial charge is 0.497 e. The Morgan fingerprint density at radius 2 is 0.735 bits per heavy atom. The minimum atomic E-state index is 0.653. The summed E-state index contributed by atoms with van der Waals surface area (Å²) in [7, 11) is 6.53. The van der Waals surface area contributed by atoms with Gasteiger partial charge in [0.2, 0.25) is 0 Å². The lowest BCUT2D eigenvalue weighted by Gasteiger charge is -2.18. The quantitative estimate of drug-likeness (QED) is 0.337. The van der Waals surface area contributed by atoms with Gasteiger partial charge in [0.05, 0.1) is 28.4 Å². The molecule has 0 aliphatic carbocycles. The smallest absolute Gasteiger partial charge is 0.123 e. The third kappa shape index (κ3) is 4.57. The van der Waals surface area contributed by atoms with Crippen LogP contribution < -0.4 is 30.4 Å². The highest BCUT2D eigenvalue weighted by molar-refractivity contribution is 5.94. The molecule has 6 nitrogen and oxygen atoms in total. The SMILES string of the molecule is COc1cc(OC)cc(-c2cc(N)ccc2-c2ccc(N)cc2-c2cc(OC)cc(OC)c2)c1. The number of methoxy groups -OCH3 is 4. The highest BCUT2D eigenvalue weighted by Crippen LogP contribution is 2.43. The number of anilines is 2. The number of nitrogen functional groups attached to an aromatic ring is 2. The van der Waals surface area contributed by atoms with Crippen molar-refractivity contribution < 1.29 is 18.9 Å². The Balaban J connectivity index is 1.99. The van der Waals surface area contributed by atoms with Crippen LogP contribution in [0.2, 0.25) is 0 Å². The third-order valence-corrected chi connectivity index (χ3v) is 5.70. The van der Waals surface area contributed by atoms with E-state index >= 15 is 0 Å². The lowest BCUT2D eigenvalue weighted by Crippen LogP contribution is -1.96. The standard InChI is InChI=1S/C28H28N2O4/c1-31-21-9-17(10-22(15-21)32-2)27-13-19(29)5-7-25(27)26-8-6-20(30)14-28(26)18-11-23(33-3)16-24(12-18)34-4/h5-16H,29-30H2,1-4H3. The summed E-state index contributed by atoms with van der Waals surface area (Å²) in [6, 6.07) is 23.3. The molecule has 4 aromatic carbocycles. The first-order valence-electron chi connectivity index (χ1n) is 10.7. The molecule has 0 amide bonds. The Morgan fingerprint density at radius 1 is 0.412 bits per heavy atom. The summed E-state index contributed by atoms with van der Waals surface area (Å²) in [5, 5.41) is 0. The molecule has 0 radical (unpaired) electrons. The van der Waals surface area contributed by atoms with Crippen molar-refractivity contribution in [2.45, 2.75) is 0 Å². The van der Waals surface area contributed by atoms with Crippen LogP contribution >= 0.6 is 0 Å². The van der Waals surface area contributed by atoms with E-state index in [1.807, 2.05) is 72.8 Å². The van der Waals surface area contributed by atoms with Crippen LogP contribution in [-0.2, 0) is 0 Å². The maximum absolute atomic E-state index is 6.22. The molecule has 0 heterocycles. The van der Waals surface area contributed by atoms with Gasteiger partial charge in [-0.1, -0.05) is 12.1 Å². The summed E-state index contributed by atoms with van der Waals surface area (Å²) in [6.45, 7) is 0. The molecule has 4 rings (SSSR count). The summed E-state index contributed by atoms with van der Waals surface area (Å²) in [4.78, 5) is 0. The maximum Gasteiger partial charge on any atom is 0.123 e. The topological polar surface area (TPSA) is 89.0 Å². The Morgan fingerprint density at radius 3 is 1.03 bits per heavy atom. The highest BCUT2D eigenvalue weighted by Gasteiger charge is 2.16. The van der Waals surface area contributed by atoms with Crippen molar-refractivity contribution in [3.63, 3.8) is 0 Å². The number of rotatable bonds is 7. The van der Waals surface area contributed by atoms with E-state index in [9.17, 15) is 0 Å². The second kappa shape index (κ2) is 9.67. The van der Waals surface area contributed by atoms with E-state index in [4.69, 9.17) is 30.4 Å². The molecule has 6 heteroatoms. The van der Waals surface area contributed by atoms with Gasteiger partial charge in [-0.2, -0.15) is 0 Å². The molecule has 0 unspecified atom stereocenters. The molecule has 0 fully saturated rings. The fourth-order valence-electron chi connectivity index (χ4n) is 4.00. The summed E-state index contributed by atoms with van der Waals surface area (Å²) < 4.78 is 22.0. The van der Waals surface area contributed by atoms with Crippen molar-refractivity contribution in [3.8, 4) is 56.4 Å². The molecule has 4 N–H and O–H groups in total. The molecular formula is C28H28N2O4. The van der Waals surface area contributed by atoms with Crippen molar-refractivity contribution in [1.82, 2.24) is 0 Å². The molecule has 0 aliphatic rings. The van der Waals surface area contributed by atoms with E-state index < -0.39 is 0 Å². The number of nitrogens with two attached hydrogens (primary N) is 2. The number of ether oxygens (including phenoxy) is 4. The van der Waals surface area contributed by atoms with Crippen LogP contribution in [0.4, 0.5) is 11.4 Å². The summed E-state index contributed by atoms with van der Waals surface area (Å²) in [5.74, 6) is 2.77. The van der Waals surface area contributed by atoms with Crippen molar-refractivity contribution in [2.24, 2.45) is 0 Å². The Hall–Kier alpha value is -4.32. The lowest BCUT2D eigenvalue weighted by molar-refractivity contribution is 0.394. The van der Waals surface area contributed by atoms with Crippen LogP contribution in [0, 0.1) is 0 Å². The lowest BCUT2D eigenvalue weighted by atomic mass is 9.88. The van der Waals surface area contributed by atoms with Crippen LogP contribution in [0.15, 0.2) is 72.8 Å². The molecule has 34 heavy (non-hydrogen) atoms. The maximum atomic E-state index is 6.22. The van der Waals surface area contributed by atoms with Gasteiger partial charge in [0, 0.05) is 23.5 Å². The zero-order chi connectivity index (χ0) is 24.2. The van der Waals surface area contributed by atoms with E-state index in [0.29, 0.717) is 34.4 Å².